The molecule has 0 aliphatic rings. The van der Waals surface area contributed by atoms with Crippen LogP contribution in [0.3, 0.4) is 0 Å². The van der Waals surface area contributed by atoms with Crippen molar-refractivity contribution in [3.05, 3.63) is 48.0 Å². The molecule has 216 valence electrons. The smallest absolute Gasteiger partial charge is 0.326 e. The van der Waals surface area contributed by atoms with E-state index in [1.54, 1.807) is 0 Å². The molecule has 16 heteroatoms. The summed E-state index contributed by atoms with van der Waals surface area (Å²) >= 11 is 0. The van der Waals surface area contributed by atoms with Gasteiger partial charge in [0.2, 0.25) is 17.7 Å². The number of nitrogens with zero attached hydrogens (tertiary/aromatic N) is 1. The zero-order chi connectivity index (χ0) is 29.8. The number of rotatable bonds is 16. The Hall–Kier alpha value is -4.99. The van der Waals surface area contributed by atoms with Gasteiger partial charge >= 0.3 is 17.9 Å². The van der Waals surface area contributed by atoms with Crippen molar-refractivity contribution in [1.29, 1.82) is 0 Å². The van der Waals surface area contributed by atoms with Gasteiger partial charge in [-0.15, -0.1) is 0 Å². The van der Waals surface area contributed by atoms with Crippen LogP contribution in [0.15, 0.2) is 36.8 Å². The van der Waals surface area contributed by atoms with E-state index in [2.05, 4.69) is 25.9 Å². The summed E-state index contributed by atoms with van der Waals surface area (Å²) in [6.07, 6.45) is 0.626. The van der Waals surface area contributed by atoms with E-state index in [4.69, 9.17) is 10.8 Å². The molecule has 0 aliphatic heterocycles. The third-order valence-electron chi connectivity index (χ3n) is 5.61. The van der Waals surface area contributed by atoms with Crippen molar-refractivity contribution in [3.8, 4) is 5.75 Å². The SMILES string of the molecule is NC(Cc1cnc[nH]1)C(=O)NC(CC(=O)O)C(=O)NC(CCC(=O)O)C(=O)NC(Cc1ccc(O)cc1)C(=O)O. The molecule has 1 aromatic heterocycles. The molecule has 0 bridgehead atoms. The second kappa shape index (κ2) is 14.8. The maximum atomic E-state index is 12.9. The van der Waals surface area contributed by atoms with Crippen molar-refractivity contribution >= 4 is 35.6 Å². The lowest BCUT2D eigenvalue weighted by Gasteiger charge is -2.24. The number of carbonyl (C=O) groups excluding carboxylic acids is 3. The number of aromatic nitrogens is 2. The number of aromatic amines is 1. The molecular weight excluding hydrogens is 532 g/mol. The highest BCUT2D eigenvalue weighted by Crippen LogP contribution is 2.12. The lowest BCUT2D eigenvalue weighted by Crippen LogP contribution is -2.57. The minimum Gasteiger partial charge on any atom is -0.508 e. The summed E-state index contributed by atoms with van der Waals surface area (Å²) in [5, 5.41) is 43.9. The quantitative estimate of drug-likeness (QED) is 0.109. The normalized spacial score (nSPS) is 13.7. The minimum absolute atomic E-state index is 0.00546. The summed E-state index contributed by atoms with van der Waals surface area (Å²) in [5.74, 6) is -7.30. The van der Waals surface area contributed by atoms with Crippen molar-refractivity contribution in [3.63, 3.8) is 0 Å². The van der Waals surface area contributed by atoms with Gasteiger partial charge in [0.05, 0.1) is 18.8 Å². The Bertz CT molecular complexity index is 1200. The number of phenols is 1. The van der Waals surface area contributed by atoms with Gasteiger partial charge in [-0.1, -0.05) is 12.1 Å². The summed E-state index contributed by atoms with van der Waals surface area (Å²) in [6.45, 7) is 0. The third kappa shape index (κ3) is 10.4. The molecular formula is C24H30N6O10. The molecule has 1 heterocycles. The Balaban J connectivity index is 2.15. The molecule has 0 saturated carbocycles. The Kier molecular flexibility index (Phi) is 11.6. The van der Waals surface area contributed by atoms with E-state index in [0.717, 1.165) is 0 Å². The fourth-order valence-electron chi connectivity index (χ4n) is 3.54. The number of hydrogen-bond donors (Lipinski definition) is 9. The number of amides is 3. The second-order valence-corrected chi connectivity index (χ2v) is 8.81. The molecule has 16 nitrogen and oxygen atoms in total. The number of H-pyrrole nitrogens is 1. The van der Waals surface area contributed by atoms with Crippen LogP contribution in [0.1, 0.15) is 30.5 Å². The van der Waals surface area contributed by atoms with Gasteiger partial charge < -0.3 is 47.1 Å². The first-order chi connectivity index (χ1) is 18.8. The molecule has 4 atom stereocenters. The first-order valence-electron chi connectivity index (χ1n) is 11.9. The number of carboxylic acid groups (broad SMARTS) is 3. The van der Waals surface area contributed by atoms with Crippen LogP contribution < -0.4 is 21.7 Å². The molecule has 10 N–H and O–H groups in total. The predicted octanol–water partition coefficient (Wildman–Crippen LogP) is -1.89. The average Bonchev–Trinajstić information content (AvgIpc) is 3.39. The summed E-state index contributed by atoms with van der Waals surface area (Å²) < 4.78 is 0. The monoisotopic (exact) mass is 562 g/mol. The number of nitrogens with two attached hydrogens (primary N) is 1. The standard InChI is InChI=1S/C24H30N6O10/c25-15(8-13-10-26-11-27-13)21(36)29-17(9-20(34)35)23(38)28-16(5-6-19(32)33)22(37)30-18(24(39)40)7-12-1-3-14(31)4-2-12/h1-4,10-11,15-18,31H,5-9,25H2,(H,26,27)(H,28,38)(H,29,36)(H,30,37)(H,32,33)(H,34,35)(H,39,40). The van der Waals surface area contributed by atoms with Gasteiger partial charge in [0.1, 0.15) is 23.9 Å². The molecule has 2 aromatic rings. The maximum Gasteiger partial charge on any atom is 0.326 e. The molecule has 0 saturated heterocycles. The summed E-state index contributed by atoms with van der Waals surface area (Å²) in [5.41, 5.74) is 6.79. The first kappa shape index (κ1) is 31.2. The molecule has 3 amide bonds. The summed E-state index contributed by atoms with van der Waals surface area (Å²) in [6, 6.07) is -0.423. The van der Waals surface area contributed by atoms with Gasteiger partial charge in [-0.25, -0.2) is 9.78 Å². The Labute approximate surface area is 227 Å². The lowest BCUT2D eigenvalue weighted by atomic mass is 10.0. The van der Waals surface area contributed by atoms with E-state index < -0.39 is 79.1 Å². The number of phenolic OH excluding ortho intramolecular Hbond substituents is 1. The highest BCUT2D eigenvalue weighted by molar-refractivity contribution is 5.95. The van der Waals surface area contributed by atoms with Gasteiger partial charge in [0, 0.05) is 31.2 Å². The number of benzene rings is 1. The van der Waals surface area contributed by atoms with Crippen molar-refractivity contribution < 1.29 is 49.2 Å². The maximum absolute atomic E-state index is 12.9. The lowest BCUT2D eigenvalue weighted by molar-refractivity contribution is -0.143. The fourth-order valence-corrected chi connectivity index (χ4v) is 3.54. The largest absolute Gasteiger partial charge is 0.508 e. The highest BCUT2D eigenvalue weighted by atomic mass is 16.4. The number of aromatic hydroxyl groups is 1. The van der Waals surface area contributed by atoms with E-state index in [1.807, 2.05) is 0 Å². The first-order valence-corrected chi connectivity index (χ1v) is 11.9. The van der Waals surface area contributed by atoms with Crippen molar-refractivity contribution in [2.75, 3.05) is 0 Å². The van der Waals surface area contributed by atoms with Crippen LogP contribution in [0.4, 0.5) is 0 Å². The van der Waals surface area contributed by atoms with Crippen molar-refractivity contribution in [2.45, 2.75) is 56.3 Å². The van der Waals surface area contributed by atoms with Gasteiger partial charge in [-0.3, -0.25) is 24.0 Å². The summed E-state index contributed by atoms with van der Waals surface area (Å²) in [7, 11) is 0. The van der Waals surface area contributed by atoms with E-state index in [-0.39, 0.29) is 18.6 Å². The Morgan fingerprint density at radius 2 is 1.43 bits per heavy atom. The number of carbonyl (C=O) groups is 6. The van der Waals surface area contributed by atoms with Crippen LogP contribution >= 0.6 is 0 Å². The number of imidazole rings is 1. The van der Waals surface area contributed by atoms with Crippen molar-refractivity contribution in [1.82, 2.24) is 25.9 Å². The molecule has 40 heavy (non-hydrogen) atoms. The predicted molar refractivity (Wildman–Crippen MR) is 135 cm³/mol. The second-order valence-electron chi connectivity index (χ2n) is 8.81. The van der Waals surface area contributed by atoms with E-state index >= 15 is 0 Å². The Morgan fingerprint density at radius 3 is 1.98 bits per heavy atom. The summed E-state index contributed by atoms with van der Waals surface area (Å²) in [4.78, 5) is 79.2. The number of aliphatic carboxylic acids is 3. The Morgan fingerprint density at radius 1 is 0.825 bits per heavy atom. The molecule has 0 aliphatic carbocycles. The molecule has 0 fully saturated rings. The fraction of sp³-hybridized carbons (Fsp3) is 0.375. The highest BCUT2D eigenvalue weighted by Gasteiger charge is 2.32. The molecule has 4 unspecified atom stereocenters. The third-order valence-corrected chi connectivity index (χ3v) is 5.61. The van der Waals surface area contributed by atoms with Crippen molar-refractivity contribution in [2.24, 2.45) is 5.73 Å². The molecule has 1 aromatic carbocycles. The van der Waals surface area contributed by atoms with Crippen LogP contribution in [0.2, 0.25) is 0 Å². The van der Waals surface area contributed by atoms with Gasteiger partial charge in [-0.05, 0) is 24.1 Å². The molecule has 0 radical (unpaired) electrons. The number of hydrogen-bond acceptors (Lipinski definition) is 9. The van der Waals surface area contributed by atoms with E-state index in [1.165, 1.54) is 36.8 Å². The molecule has 2 rings (SSSR count). The van der Waals surface area contributed by atoms with Crippen LogP contribution in [-0.4, -0.2) is 90.2 Å². The van der Waals surface area contributed by atoms with Crippen LogP contribution in [0, 0.1) is 0 Å². The average molecular weight is 563 g/mol. The van der Waals surface area contributed by atoms with Crippen LogP contribution in [0.5, 0.6) is 5.75 Å². The number of carboxylic acids is 3. The van der Waals surface area contributed by atoms with Crippen LogP contribution in [-0.2, 0) is 41.6 Å². The van der Waals surface area contributed by atoms with Gasteiger partial charge in [-0.2, -0.15) is 0 Å². The minimum atomic E-state index is -1.69. The van der Waals surface area contributed by atoms with Crippen LogP contribution in [0.25, 0.3) is 0 Å². The van der Waals surface area contributed by atoms with Gasteiger partial charge in [0.25, 0.3) is 0 Å². The molecule has 0 spiro atoms. The zero-order valence-electron chi connectivity index (χ0n) is 21.1. The topological polar surface area (TPSA) is 274 Å². The van der Waals surface area contributed by atoms with Gasteiger partial charge in [0.15, 0.2) is 0 Å². The van der Waals surface area contributed by atoms with E-state index in [0.29, 0.717) is 11.3 Å². The number of nitrogens with one attached hydrogen (secondary N) is 4. The van der Waals surface area contributed by atoms with E-state index in [9.17, 15) is 44.1 Å². The zero-order valence-corrected chi connectivity index (χ0v) is 21.1.